The molecule has 1 aromatic rings. The number of carboxylic acids is 1. The van der Waals surface area contributed by atoms with Crippen molar-refractivity contribution in [3.8, 4) is 5.75 Å². The molecule has 0 aliphatic carbocycles. The van der Waals surface area contributed by atoms with Crippen LogP contribution in [0.2, 0.25) is 0 Å². The van der Waals surface area contributed by atoms with E-state index in [1.54, 1.807) is 6.92 Å². The summed E-state index contributed by atoms with van der Waals surface area (Å²) in [6, 6.07) is 1.38. The zero-order valence-corrected chi connectivity index (χ0v) is 9.24. The summed E-state index contributed by atoms with van der Waals surface area (Å²) >= 11 is 0. The van der Waals surface area contributed by atoms with Gasteiger partial charge in [0, 0.05) is 11.6 Å². The van der Waals surface area contributed by atoms with Crippen LogP contribution in [0.3, 0.4) is 0 Å². The maximum absolute atomic E-state index is 13.6. The van der Waals surface area contributed by atoms with Crippen molar-refractivity contribution in [1.82, 2.24) is 0 Å². The molecule has 4 nitrogen and oxygen atoms in total. The van der Waals surface area contributed by atoms with E-state index < -0.39 is 30.1 Å². The molecule has 1 rings (SSSR count). The zero-order valence-electron chi connectivity index (χ0n) is 9.24. The van der Waals surface area contributed by atoms with Gasteiger partial charge in [-0.05, 0) is 13.0 Å². The van der Waals surface area contributed by atoms with Gasteiger partial charge < -0.3 is 15.6 Å². The summed E-state index contributed by atoms with van der Waals surface area (Å²) < 4.78 is 31.9. The number of carboxylic acid groups (broad SMARTS) is 1. The summed E-state index contributed by atoms with van der Waals surface area (Å²) in [5.41, 5.74) is 5.29. The Morgan fingerprint density at radius 2 is 2.12 bits per heavy atom. The second-order valence-corrected chi connectivity index (χ2v) is 3.42. The van der Waals surface area contributed by atoms with E-state index in [-0.39, 0.29) is 17.9 Å². The molecule has 17 heavy (non-hydrogen) atoms. The molecular weight excluding hydrogens is 232 g/mol. The highest BCUT2D eigenvalue weighted by molar-refractivity contribution is 5.67. The molecular formula is C11H13F2NO3. The highest BCUT2D eigenvalue weighted by Crippen LogP contribution is 2.26. The largest absolute Gasteiger partial charge is 0.491 e. The molecule has 1 atom stereocenters. The minimum Gasteiger partial charge on any atom is -0.491 e. The van der Waals surface area contributed by atoms with Gasteiger partial charge in [0.25, 0.3) is 0 Å². The van der Waals surface area contributed by atoms with Crippen molar-refractivity contribution in [1.29, 1.82) is 0 Å². The van der Waals surface area contributed by atoms with Crippen LogP contribution in [0.15, 0.2) is 12.1 Å². The quantitative estimate of drug-likeness (QED) is 0.830. The van der Waals surface area contributed by atoms with E-state index in [0.717, 1.165) is 0 Å². The van der Waals surface area contributed by atoms with Gasteiger partial charge in [0.15, 0.2) is 11.6 Å². The lowest BCUT2D eigenvalue weighted by atomic mass is 10.0. The van der Waals surface area contributed by atoms with Crippen molar-refractivity contribution in [2.45, 2.75) is 19.4 Å². The molecule has 0 saturated heterocycles. The maximum Gasteiger partial charge on any atom is 0.305 e. The SMILES string of the molecule is CCOc1ccc(C(N)CC(=O)O)c(F)c1F. The van der Waals surface area contributed by atoms with Crippen LogP contribution in [0, 0.1) is 11.6 Å². The highest BCUT2D eigenvalue weighted by atomic mass is 19.2. The van der Waals surface area contributed by atoms with Crippen LogP contribution in [0.5, 0.6) is 5.75 Å². The normalized spacial score (nSPS) is 12.2. The van der Waals surface area contributed by atoms with Crippen LogP contribution in [0.4, 0.5) is 8.78 Å². The number of halogens is 2. The third-order valence-corrected chi connectivity index (χ3v) is 2.17. The number of hydrogen-bond acceptors (Lipinski definition) is 3. The molecule has 6 heteroatoms. The van der Waals surface area contributed by atoms with Crippen LogP contribution in [-0.2, 0) is 4.79 Å². The summed E-state index contributed by atoms with van der Waals surface area (Å²) in [6.45, 7) is 1.85. The molecule has 0 bridgehead atoms. The van der Waals surface area contributed by atoms with Crippen molar-refractivity contribution in [3.05, 3.63) is 29.3 Å². The third-order valence-electron chi connectivity index (χ3n) is 2.17. The molecule has 94 valence electrons. The van der Waals surface area contributed by atoms with Crippen LogP contribution in [0.1, 0.15) is 24.9 Å². The van der Waals surface area contributed by atoms with Gasteiger partial charge in [-0.1, -0.05) is 6.07 Å². The average molecular weight is 245 g/mol. The number of nitrogens with two attached hydrogens (primary N) is 1. The monoisotopic (exact) mass is 245 g/mol. The Morgan fingerprint density at radius 1 is 1.47 bits per heavy atom. The molecule has 0 fully saturated rings. The first-order valence-electron chi connectivity index (χ1n) is 5.05. The number of ether oxygens (including phenoxy) is 1. The Bertz CT molecular complexity index is 423. The third kappa shape index (κ3) is 3.13. The lowest BCUT2D eigenvalue weighted by Crippen LogP contribution is -2.17. The molecule has 0 aliphatic rings. The Kier molecular flexibility index (Phi) is 4.39. The molecule has 0 heterocycles. The van der Waals surface area contributed by atoms with E-state index in [4.69, 9.17) is 15.6 Å². The maximum atomic E-state index is 13.6. The Balaban J connectivity index is 3.03. The van der Waals surface area contributed by atoms with Gasteiger partial charge in [0.2, 0.25) is 5.82 Å². The topological polar surface area (TPSA) is 72.5 Å². The summed E-state index contributed by atoms with van der Waals surface area (Å²) in [5, 5.41) is 8.52. The van der Waals surface area contributed by atoms with Gasteiger partial charge in [-0.3, -0.25) is 4.79 Å². The number of hydrogen-bond donors (Lipinski definition) is 2. The Labute approximate surface area is 97.0 Å². The molecule has 0 aromatic heterocycles. The van der Waals surface area contributed by atoms with E-state index in [1.807, 2.05) is 0 Å². The van der Waals surface area contributed by atoms with Crippen LogP contribution in [0.25, 0.3) is 0 Å². The Morgan fingerprint density at radius 3 is 2.65 bits per heavy atom. The van der Waals surface area contributed by atoms with Crippen molar-refractivity contribution < 1.29 is 23.4 Å². The average Bonchev–Trinajstić information content (AvgIpc) is 2.24. The lowest BCUT2D eigenvalue weighted by molar-refractivity contribution is -0.137. The summed E-state index contributed by atoms with van der Waals surface area (Å²) in [4.78, 5) is 10.4. The molecule has 0 amide bonds. The predicted octanol–water partition coefficient (Wildman–Crippen LogP) is 1.84. The second-order valence-electron chi connectivity index (χ2n) is 3.42. The minimum atomic E-state index is -1.17. The van der Waals surface area contributed by atoms with E-state index in [2.05, 4.69) is 0 Å². The highest BCUT2D eigenvalue weighted by Gasteiger charge is 2.20. The number of rotatable bonds is 5. The number of carbonyl (C=O) groups is 1. The molecule has 0 radical (unpaired) electrons. The van der Waals surface area contributed by atoms with Crippen molar-refractivity contribution in [3.63, 3.8) is 0 Å². The second kappa shape index (κ2) is 5.58. The fraction of sp³-hybridized carbons (Fsp3) is 0.364. The van der Waals surface area contributed by atoms with Gasteiger partial charge in [-0.15, -0.1) is 0 Å². The minimum absolute atomic E-state index is 0.173. The van der Waals surface area contributed by atoms with Gasteiger partial charge in [-0.2, -0.15) is 4.39 Å². The van der Waals surface area contributed by atoms with Crippen LogP contribution >= 0.6 is 0 Å². The number of aliphatic carboxylic acids is 1. The van der Waals surface area contributed by atoms with E-state index in [1.165, 1.54) is 12.1 Å². The van der Waals surface area contributed by atoms with Gasteiger partial charge >= 0.3 is 5.97 Å². The van der Waals surface area contributed by atoms with E-state index in [9.17, 15) is 13.6 Å². The molecule has 0 aliphatic heterocycles. The van der Waals surface area contributed by atoms with E-state index >= 15 is 0 Å². The molecule has 1 unspecified atom stereocenters. The first kappa shape index (κ1) is 13.4. The summed E-state index contributed by atoms with van der Waals surface area (Å²) in [6.07, 6.45) is -0.468. The summed E-state index contributed by atoms with van der Waals surface area (Å²) in [7, 11) is 0. The van der Waals surface area contributed by atoms with Crippen molar-refractivity contribution >= 4 is 5.97 Å². The zero-order chi connectivity index (χ0) is 13.0. The molecule has 0 saturated carbocycles. The molecule has 1 aromatic carbocycles. The van der Waals surface area contributed by atoms with Crippen molar-refractivity contribution in [2.24, 2.45) is 5.73 Å². The van der Waals surface area contributed by atoms with Gasteiger partial charge in [0.05, 0.1) is 13.0 Å². The smallest absolute Gasteiger partial charge is 0.305 e. The lowest BCUT2D eigenvalue weighted by Gasteiger charge is -2.13. The van der Waals surface area contributed by atoms with Crippen LogP contribution < -0.4 is 10.5 Å². The fourth-order valence-electron chi connectivity index (χ4n) is 1.40. The molecule has 0 spiro atoms. The number of benzene rings is 1. The van der Waals surface area contributed by atoms with Gasteiger partial charge in [-0.25, -0.2) is 4.39 Å². The first-order valence-corrected chi connectivity index (χ1v) is 5.05. The van der Waals surface area contributed by atoms with Gasteiger partial charge in [0.1, 0.15) is 0 Å². The first-order chi connectivity index (χ1) is 7.97. The fourth-order valence-corrected chi connectivity index (χ4v) is 1.40. The van der Waals surface area contributed by atoms with E-state index in [0.29, 0.717) is 0 Å². The predicted molar refractivity (Wildman–Crippen MR) is 56.7 cm³/mol. The Hall–Kier alpha value is -1.69. The summed E-state index contributed by atoms with van der Waals surface area (Å²) in [5.74, 6) is -3.70. The molecule has 3 N–H and O–H groups in total. The van der Waals surface area contributed by atoms with Crippen molar-refractivity contribution in [2.75, 3.05) is 6.61 Å². The van der Waals surface area contributed by atoms with Crippen LogP contribution in [-0.4, -0.2) is 17.7 Å². The standard InChI is InChI=1S/C11H13F2NO3/c1-2-17-8-4-3-6(10(12)11(8)13)7(14)5-9(15)16/h3-4,7H,2,5,14H2,1H3,(H,15,16).